The highest BCUT2D eigenvalue weighted by atomic mass is 16.3. The Kier molecular flexibility index (Phi) is 11.9. The van der Waals surface area contributed by atoms with Crippen LogP contribution in [0.1, 0.15) is 20.7 Å². The van der Waals surface area contributed by atoms with Crippen LogP contribution in [-0.2, 0) is 9.59 Å². The number of pyridine rings is 2. The van der Waals surface area contributed by atoms with E-state index in [-0.39, 0.29) is 24.7 Å². The molecule has 2 heterocycles. The molecule has 0 atom stereocenters. The Bertz CT molecular complexity index is 652. The number of aromatic nitrogens is 2. The van der Waals surface area contributed by atoms with E-state index < -0.39 is 0 Å². The topological polar surface area (TPSA) is 164 Å². The Balaban J connectivity index is 0.000000403. The number of ketones is 1. The Morgan fingerprint density at radius 2 is 1.60 bits per heavy atom. The lowest BCUT2D eigenvalue weighted by Crippen LogP contribution is -2.29. The summed E-state index contributed by atoms with van der Waals surface area (Å²) in [6.07, 6.45) is 6.59. The molecule has 132 valence electrons. The molecule has 0 spiro atoms. The molecule has 25 heavy (non-hydrogen) atoms. The van der Waals surface area contributed by atoms with Gasteiger partial charge in [0.05, 0.1) is 12.1 Å². The standard InChI is InChI=1S/C8H8N2O2.C6H7N3O.CH2O2/c11-6-10-5-8(12)7-2-1-3-9-4-7;7-9-6(10)5-2-1-3-8-4-5;2-1-3/h1-4,6H,5H2,(H,10,11);1-4H,7H2,(H,9,10);1H,(H,2,3). The van der Waals surface area contributed by atoms with Gasteiger partial charge in [-0.2, -0.15) is 0 Å². The molecule has 10 heteroatoms. The lowest BCUT2D eigenvalue weighted by molar-refractivity contribution is -0.122. The number of hydrogen-bond acceptors (Lipinski definition) is 7. The molecular formula is C15H17N5O5. The summed E-state index contributed by atoms with van der Waals surface area (Å²) < 4.78 is 0. The summed E-state index contributed by atoms with van der Waals surface area (Å²) in [5, 5.41) is 9.18. The summed E-state index contributed by atoms with van der Waals surface area (Å²) in [6.45, 7) is -0.227. The molecule has 0 aliphatic rings. The number of Topliss-reactive ketones (excluding diaryl/α,β-unsaturated/α-hetero) is 1. The number of hydrazine groups is 1. The number of nitrogens with two attached hydrogens (primary N) is 1. The third-order valence-corrected chi connectivity index (χ3v) is 2.38. The molecule has 10 nitrogen and oxygen atoms in total. The van der Waals surface area contributed by atoms with Crippen molar-refractivity contribution < 1.29 is 24.3 Å². The van der Waals surface area contributed by atoms with E-state index in [0.717, 1.165) is 0 Å². The van der Waals surface area contributed by atoms with E-state index >= 15 is 0 Å². The van der Waals surface area contributed by atoms with Crippen molar-refractivity contribution in [1.82, 2.24) is 20.7 Å². The maximum atomic E-state index is 11.1. The maximum Gasteiger partial charge on any atom is 0.290 e. The number of carbonyl (C=O) groups excluding carboxylic acids is 3. The Labute approximate surface area is 143 Å². The molecule has 0 aliphatic heterocycles. The van der Waals surface area contributed by atoms with Crippen molar-refractivity contribution in [2.75, 3.05) is 6.54 Å². The van der Waals surface area contributed by atoms with Gasteiger partial charge in [0.1, 0.15) is 0 Å². The zero-order chi connectivity index (χ0) is 18.9. The van der Waals surface area contributed by atoms with Gasteiger partial charge < -0.3 is 10.4 Å². The third-order valence-electron chi connectivity index (χ3n) is 2.38. The molecule has 2 rings (SSSR count). The van der Waals surface area contributed by atoms with Crippen LogP contribution in [0.2, 0.25) is 0 Å². The molecule has 0 saturated heterocycles. The van der Waals surface area contributed by atoms with Crippen molar-refractivity contribution >= 4 is 24.6 Å². The number of nitrogens with one attached hydrogen (secondary N) is 2. The lowest BCUT2D eigenvalue weighted by atomic mass is 10.2. The van der Waals surface area contributed by atoms with E-state index in [1.165, 1.54) is 12.4 Å². The van der Waals surface area contributed by atoms with Crippen molar-refractivity contribution in [1.29, 1.82) is 0 Å². The second-order valence-electron chi connectivity index (χ2n) is 3.98. The number of amides is 2. The van der Waals surface area contributed by atoms with Crippen molar-refractivity contribution in [3.05, 3.63) is 60.2 Å². The first-order chi connectivity index (χ1) is 12.1. The lowest BCUT2D eigenvalue weighted by Gasteiger charge is -1.97. The molecule has 5 N–H and O–H groups in total. The molecule has 2 aromatic heterocycles. The Morgan fingerprint density at radius 3 is 2.00 bits per heavy atom. The third kappa shape index (κ3) is 9.86. The van der Waals surface area contributed by atoms with E-state index in [0.29, 0.717) is 17.5 Å². The fraction of sp³-hybridized carbons (Fsp3) is 0.0667. The highest BCUT2D eigenvalue weighted by Gasteiger charge is 2.02. The SMILES string of the molecule is NNC(=O)c1cccnc1.O=CNCC(=O)c1cccnc1.O=CO. The van der Waals surface area contributed by atoms with Crippen LogP contribution < -0.4 is 16.6 Å². The first-order valence-electron chi connectivity index (χ1n) is 6.69. The average molecular weight is 347 g/mol. The van der Waals surface area contributed by atoms with Crippen LogP contribution in [0.25, 0.3) is 0 Å². The van der Waals surface area contributed by atoms with Crippen molar-refractivity contribution in [2.45, 2.75) is 0 Å². The van der Waals surface area contributed by atoms with Gasteiger partial charge in [-0.05, 0) is 24.3 Å². The van der Waals surface area contributed by atoms with Crippen molar-refractivity contribution in [3.63, 3.8) is 0 Å². The first-order valence-corrected chi connectivity index (χ1v) is 6.69. The smallest absolute Gasteiger partial charge is 0.290 e. The molecule has 2 aromatic rings. The summed E-state index contributed by atoms with van der Waals surface area (Å²) in [5.74, 6) is 4.41. The van der Waals surface area contributed by atoms with Gasteiger partial charge in [-0.15, -0.1) is 0 Å². The second kappa shape index (κ2) is 14.0. The average Bonchev–Trinajstić information content (AvgIpc) is 2.68. The first kappa shape index (κ1) is 21.3. The highest BCUT2D eigenvalue weighted by Crippen LogP contribution is 1.95. The van der Waals surface area contributed by atoms with E-state index in [4.69, 9.17) is 15.7 Å². The van der Waals surface area contributed by atoms with Gasteiger partial charge in [-0.25, -0.2) is 5.84 Å². The summed E-state index contributed by atoms with van der Waals surface area (Å²) in [4.78, 5) is 47.6. The summed E-state index contributed by atoms with van der Waals surface area (Å²) in [6, 6.07) is 6.63. The van der Waals surface area contributed by atoms with Crippen LogP contribution in [0.4, 0.5) is 0 Å². The zero-order valence-corrected chi connectivity index (χ0v) is 13.0. The molecule has 2 amide bonds. The van der Waals surface area contributed by atoms with Gasteiger partial charge in [0.15, 0.2) is 5.78 Å². The minimum atomic E-state index is -0.326. The van der Waals surface area contributed by atoms with E-state index in [1.54, 1.807) is 36.7 Å². The molecule has 0 bridgehead atoms. The van der Waals surface area contributed by atoms with Crippen LogP contribution in [0.15, 0.2) is 49.1 Å². The normalized spacial score (nSPS) is 8.36. The summed E-state index contributed by atoms with van der Waals surface area (Å²) >= 11 is 0. The predicted octanol–water partition coefficient (Wildman–Crippen LogP) is -0.604. The second-order valence-corrected chi connectivity index (χ2v) is 3.98. The van der Waals surface area contributed by atoms with Crippen LogP contribution >= 0.6 is 0 Å². The van der Waals surface area contributed by atoms with Gasteiger partial charge in [0, 0.05) is 30.4 Å². The van der Waals surface area contributed by atoms with Gasteiger partial charge in [0.25, 0.3) is 12.4 Å². The Hall–Kier alpha value is -3.66. The van der Waals surface area contributed by atoms with Crippen LogP contribution in [-0.4, -0.2) is 46.2 Å². The van der Waals surface area contributed by atoms with Gasteiger partial charge >= 0.3 is 0 Å². The number of nitrogen functional groups attached to an aromatic ring is 1. The van der Waals surface area contributed by atoms with E-state index in [2.05, 4.69) is 15.3 Å². The zero-order valence-electron chi connectivity index (χ0n) is 13.0. The minimum absolute atomic E-state index is 0.0230. The van der Waals surface area contributed by atoms with Crippen LogP contribution in [0.5, 0.6) is 0 Å². The monoisotopic (exact) mass is 347 g/mol. The van der Waals surface area contributed by atoms with Crippen molar-refractivity contribution in [2.24, 2.45) is 5.84 Å². The van der Waals surface area contributed by atoms with E-state index in [1.807, 2.05) is 5.43 Å². The summed E-state index contributed by atoms with van der Waals surface area (Å²) in [5.41, 5.74) is 2.97. The molecule has 0 saturated carbocycles. The number of rotatable bonds is 5. The predicted molar refractivity (Wildman–Crippen MR) is 87.2 cm³/mol. The molecule has 0 fully saturated rings. The largest absolute Gasteiger partial charge is 0.483 e. The highest BCUT2D eigenvalue weighted by molar-refractivity contribution is 5.98. The van der Waals surface area contributed by atoms with Gasteiger partial charge in [0.2, 0.25) is 6.41 Å². The van der Waals surface area contributed by atoms with Crippen LogP contribution in [0.3, 0.4) is 0 Å². The Morgan fingerprint density at radius 1 is 1.08 bits per heavy atom. The number of carboxylic acid groups (broad SMARTS) is 1. The van der Waals surface area contributed by atoms with E-state index in [9.17, 15) is 14.4 Å². The minimum Gasteiger partial charge on any atom is -0.483 e. The fourth-order valence-corrected chi connectivity index (χ4v) is 1.34. The molecule has 0 radical (unpaired) electrons. The molecular weight excluding hydrogens is 330 g/mol. The summed E-state index contributed by atoms with van der Waals surface area (Å²) in [7, 11) is 0. The van der Waals surface area contributed by atoms with Gasteiger partial charge in [-0.1, -0.05) is 0 Å². The van der Waals surface area contributed by atoms with Crippen molar-refractivity contribution in [3.8, 4) is 0 Å². The fourth-order valence-electron chi connectivity index (χ4n) is 1.34. The molecule has 0 aromatic carbocycles. The molecule has 0 aliphatic carbocycles. The number of nitrogens with zero attached hydrogens (tertiary/aromatic N) is 2. The van der Waals surface area contributed by atoms with Crippen LogP contribution in [0, 0.1) is 0 Å². The molecule has 0 unspecified atom stereocenters. The number of hydrogen-bond donors (Lipinski definition) is 4. The van der Waals surface area contributed by atoms with Gasteiger partial charge in [-0.3, -0.25) is 34.6 Å². The number of carbonyl (C=O) groups is 4. The maximum absolute atomic E-state index is 11.1. The quantitative estimate of drug-likeness (QED) is 0.183.